The van der Waals surface area contributed by atoms with E-state index < -0.39 is 0 Å². The molecule has 3 aliphatic rings. The van der Waals surface area contributed by atoms with E-state index in [4.69, 9.17) is 10.2 Å². The summed E-state index contributed by atoms with van der Waals surface area (Å²) in [5.41, 5.74) is 8.57. The Morgan fingerprint density at radius 2 is 2.00 bits per heavy atom. The van der Waals surface area contributed by atoms with Gasteiger partial charge in [0.05, 0.1) is 5.56 Å². The maximum atomic E-state index is 12.3. The molecule has 0 aromatic heterocycles. The number of rotatable bonds is 4. The second-order valence-corrected chi connectivity index (χ2v) is 6.18. The van der Waals surface area contributed by atoms with Crippen LogP contribution in [0.4, 0.5) is 5.88 Å². The molecule has 0 bridgehead atoms. The van der Waals surface area contributed by atoms with E-state index >= 15 is 0 Å². The van der Waals surface area contributed by atoms with Crippen LogP contribution in [0.2, 0.25) is 0 Å². The summed E-state index contributed by atoms with van der Waals surface area (Å²) in [5, 5.41) is 0. The van der Waals surface area contributed by atoms with Crippen LogP contribution in [0.1, 0.15) is 50.2 Å². The van der Waals surface area contributed by atoms with E-state index in [-0.39, 0.29) is 5.43 Å². The van der Waals surface area contributed by atoms with E-state index in [0.717, 1.165) is 29.9 Å². The van der Waals surface area contributed by atoms with Crippen molar-refractivity contribution in [2.45, 2.75) is 51.9 Å². The molecule has 0 amide bonds. The summed E-state index contributed by atoms with van der Waals surface area (Å²) in [4.78, 5) is 12.3. The first-order chi connectivity index (χ1) is 10.2. The zero-order valence-electron chi connectivity index (χ0n) is 12.7. The van der Waals surface area contributed by atoms with Gasteiger partial charge in [0.15, 0.2) is 11.3 Å². The SMILES string of the molecule is CCc1cc2c(=O)cc(CCC3CCCC3)cc-2oc1N. The Balaban J connectivity index is 1.88. The first-order valence-electron chi connectivity index (χ1n) is 8.02. The number of anilines is 1. The minimum absolute atomic E-state index is 0.0485. The monoisotopic (exact) mass is 285 g/mol. The predicted molar refractivity (Wildman–Crippen MR) is 85.7 cm³/mol. The van der Waals surface area contributed by atoms with Gasteiger partial charge >= 0.3 is 0 Å². The molecule has 0 unspecified atom stereocenters. The van der Waals surface area contributed by atoms with Crippen molar-refractivity contribution >= 4 is 5.88 Å². The third kappa shape index (κ3) is 2.97. The zero-order chi connectivity index (χ0) is 14.8. The van der Waals surface area contributed by atoms with Crippen molar-refractivity contribution in [2.75, 3.05) is 5.73 Å². The van der Waals surface area contributed by atoms with Crippen LogP contribution in [-0.2, 0) is 12.8 Å². The molecule has 0 aromatic rings. The second-order valence-electron chi connectivity index (χ2n) is 6.18. The third-order valence-electron chi connectivity index (χ3n) is 4.72. The van der Waals surface area contributed by atoms with Crippen molar-refractivity contribution in [1.82, 2.24) is 0 Å². The van der Waals surface area contributed by atoms with Crippen LogP contribution in [0.5, 0.6) is 0 Å². The molecule has 0 spiro atoms. The summed E-state index contributed by atoms with van der Waals surface area (Å²) in [5.74, 6) is 1.89. The van der Waals surface area contributed by atoms with Gasteiger partial charge in [-0.3, -0.25) is 4.79 Å². The van der Waals surface area contributed by atoms with Gasteiger partial charge in [-0.2, -0.15) is 0 Å². The number of fused-ring (bicyclic) bond motifs is 1. The van der Waals surface area contributed by atoms with Gasteiger partial charge in [-0.15, -0.1) is 0 Å². The van der Waals surface area contributed by atoms with Crippen LogP contribution < -0.4 is 11.2 Å². The zero-order valence-corrected chi connectivity index (χ0v) is 12.7. The van der Waals surface area contributed by atoms with Crippen molar-refractivity contribution in [3.8, 4) is 11.3 Å². The smallest absolute Gasteiger partial charge is 0.194 e. The van der Waals surface area contributed by atoms with Crippen LogP contribution >= 0.6 is 0 Å². The molecule has 0 radical (unpaired) electrons. The Kier molecular flexibility index (Phi) is 4.00. The first-order valence-corrected chi connectivity index (χ1v) is 8.02. The number of nitrogen functional groups attached to an aromatic ring is 1. The quantitative estimate of drug-likeness (QED) is 0.923. The molecule has 2 aliphatic carbocycles. The molecule has 1 aliphatic heterocycles. The Morgan fingerprint density at radius 3 is 2.71 bits per heavy atom. The molecule has 1 fully saturated rings. The fourth-order valence-corrected chi connectivity index (χ4v) is 3.40. The number of hydrogen-bond donors (Lipinski definition) is 1. The standard InChI is InChI=1S/C18H23NO2/c1-2-14-11-15-16(20)9-13(10-17(15)21-18(14)19)8-7-12-5-3-4-6-12/h9-12H,2-8,19H2,1H3. The minimum atomic E-state index is 0.0485. The molecule has 0 atom stereocenters. The van der Waals surface area contributed by atoms with Gasteiger partial charge in [-0.05, 0) is 48.9 Å². The molecule has 3 nitrogen and oxygen atoms in total. The van der Waals surface area contributed by atoms with Crippen molar-refractivity contribution in [3.63, 3.8) is 0 Å². The summed E-state index contributed by atoms with van der Waals surface area (Å²) >= 11 is 0. The fourth-order valence-electron chi connectivity index (χ4n) is 3.40. The van der Waals surface area contributed by atoms with Gasteiger partial charge in [0, 0.05) is 5.56 Å². The molecular formula is C18H23NO2. The lowest BCUT2D eigenvalue weighted by Crippen LogP contribution is -2.09. The van der Waals surface area contributed by atoms with Crippen LogP contribution in [0.3, 0.4) is 0 Å². The van der Waals surface area contributed by atoms with Crippen LogP contribution in [0.15, 0.2) is 27.4 Å². The molecule has 2 N–H and O–H groups in total. The Morgan fingerprint density at radius 1 is 1.24 bits per heavy atom. The maximum Gasteiger partial charge on any atom is 0.194 e. The maximum absolute atomic E-state index is 12.3. The average molecular weight is 285 g/mol. The van der Waals surface area contributed by atoms with Crippen LogP contribution in [-0.4, -0.2) is 0 Å². The lowest BCUT2D eigenvalue weighted by atomic mass is 9.96. The molecule has 0 aromatic carbocycles. The Bertz CT molecular complexity index is 653. The van der Waals surface area contributed by atoms with Gasteiger partial charge in [-0.1, -0.05) is 32.6 Å². The molecular weight excluding hydrogens is 262 g/mol. The van der Waals surface area contributed by atoms with Gasteiger partial charge in [0.2, 0.25) is 0 Å². The van der Waals surface area contributed by atoms with Crippen molar-refractivity contribution in [1.29, 1.82) is 0 Å². The molecule has 3 heteroatoms. The lowest BCUT2D eigenvalue weighted by molar-refractivity contribution is 0.503. The van der Waals surface area contributed by atoms with Crippen LogP contribution in [0, 0.1) is 5.92 Å². The summed E-state index contributed by atoms with van der Waals surface area (Å²) in [6.45, 7) is 2.01. The second kappa shape index (κ2) is 5.92. The Hall–Kier alpha value is -1.77. The summed E-state index contributed by atoms with van der Waals surface area (Å²) in [6.07, 6.45) is 8.31. The van der Waals surface area contributed by atoms with Gasteiger partial charge < -0.3 is 10.2 Å². The highest BCUT2D eigenvalue weighted by molar-refractivity contribution is 5.63. The molecule has 3 rings (SSSR count). The molecule has 112 valence electrons. The number of aryl methyl sites for hydroxylation is 2. The predicted octanol–water partition coefficient (Wildman–Crippen LogP) is 4.01. The topological polar surface area (TPSA) is 56.2 Å². The number of hydrogen-bond acceptors (Lipinski definition) is 3. The number of nitrogens with two attached hydrogens (primary N) is 1. The summed E-state index contributed by atoms with van der Waals surface area (Å²) in [6, 6.07) is 5.63. The van der Waals surface area contributed by atoms with Crippen LogP contribution in [0.25, 0.3) is 11.3 Å². The number of benzene rings is 1. The van der Waals surface area contributed by atoms with Gasteiger partial charge in [0.1, 0.15) is 5.76 Å². The highest BCUT2D eigenvalue weighted by atomic mass is 16.3. The summed E-state index contributed by atoms with van der Waals surface area (Å²) in [7, 11) is 0. The fraction of sp³-hybridized carbons (Fsp3) is 0.500. The molecule has 1 heterocycles. The van der Waals surface area contributed by atoms with E-state index in [1.54, 1.807) is 6.07 Å². The minimum Gasteiger partial charge on any atom is -0.441 e. The van der Waals surface area contributed by atoms with E-state index in [2.05, 4.69) is 0 Å². The van der Waals surface area contributed by atoms with E-state index in [9.17, 15) is 4.79 Å². The lowest BCUT2D eigenvalue weighted by Gasteiger charge is -2.12. The molecule has 1 saturated carbocycles. The van der Waals surface area contributed by atoms with E-state index in [0.29, 0.717) is 17.2 Å². The average Bonchev–Trinajstić information content (AvgIpc) is 2.98. The van der Waals surface area contributed by atoms with Gasteiger partial charge in [-0.25, -0.2) is 0 Å². The molecule has 21 heavy (non-hydrogen) atoms. The normalized spacial score (nSPS) is 15.9. The van der Waals surface area contributed by atoms with E-state index in [1.165, 1.54) is 32.1 Å². The van der Waals surface area contributed by atoms with Crippen molar-refractivity contribution < 1.29 is 4.42 Å². The van der Waals surface area contributed by atoms with Gasteiger partial charge in [0.25, 0.3) is 0 Å². The molecule has 0 saturated heterocycles. The van der Waals surface area contributed by atoms with Crippen molar-refractivity contribution in [3.05, 3.63) is 39.5 Å². The van der Waals surface area contributed by atoms with E-state index in [1.807, 2.05) is 19.1 Å². The van der Waals surface area contributed by atoms with Crippen molar-refractivity contribution in [2.24, 2.45) is 5.92 Å². The highest BCUT2D eigenvalue weighted by Gasteiger charge is 2.17. The third-order valence-corrected chi connectivity index (χ3v) is 4.72. The summed E-state index contributed by atoms with van der Waals surface area (Å²) < 4.78 is 5.65. The highest BCUT2D eigenvalue weighted by Crippen LogP contribution is 2.30. The first kappa shape index (κ1) is 14.2. The largest absolute Gasteiger partial charge is 0.441 e. The Labute approximate surface area is 125 Å².